The average Bonchev–Trinajstić information content (AvgIpc) is 2.73. The molecule has 1 aliphatic rings. The molecule has 0 spiro atoms. The number of aliphatic carboxylic acids is 2. The van der Waals surface area contributed by atoms with Crippen LogP contribution >= 0.6 is 0 Å². The Kier molecular flexibility index (Phi) is 9.56. The molecular weight excluding hydrogens is 400 g/mol. The van der Waals surface area contributed by atoms with E-state index >= 15 is 0 Å². The lowest BCUT2D eigenvalue weighted by atomic mass is 9.80. The van der Waals surface area contributed by atoms with Gasteiger partial charge in [-0.3, -0.25) is 9.59 Å². The van der Waals surface area contributed by atoms with Crippen LogP contribution in [-0.4, -0.2) is 29.3 Å². The quantitative estimate of drug-likeness (QED) is 0.451. The zero-order chi connectivity index (χ0) is 22.8. The summed E-state index contributed by atoms with van der Waals surface area (Å²) in [5.41, 5.74) is 0.196. The number of carbonyl (C=O) groups is 2. The van der Waals surface area contributed by atoms with Gasteiger partial charge in [-0.1, -0.05) is 32.6 Å². The Labute approximate surface area is 182 Å². The maximum Gasteiger partial charge on any atom is 0.336 e. The van der Waals surface area contributed by atoms with E-state index in [9.17, 15) is 14.4 Å². The van der Waals surface area contributed by atoms with E-state index in [0.717, 1.165) is 31.6 Å². The smallest absolute Gasteiger partial charge is 0.336 e. The van der Waals surface area contributed by atoms with Crippen molar-refractivity contribution in [3.05, 3.63) is 40.2 Å². The van der Waals surface area contributed by atoms with Gasteiger partial charge >= 0.3 is 17.6 Å². The number of hydrogen-bond donors (Lipinski definition) is 2. The summed E-state index contributed by atoms with van der Waals surface area (Å²) in [5.74, 6) is -0.257. The van der Waals surface area contributed by atoms with Crippen LogP contribution in [-0.2, 0) is 16.0 Å². The lowest BCUT2D eigenvalue weighted by molar-refractivity contribution is -0.143. The molecule has 2 N–H and O–H groups in total. The first-order valence-electron chi connectivity index (χ1n) is 10.9. The average molecular weight is 433 g/mol. The SMILES string of the molecule is CCCCCC1CCC(C(=O)O)CC1.COc1ccc2c(CC(=O)O)cc(=O)oc2c1. The number of methoxy groups -OCH3 is 1. The van der Waals surface area contributed by atoms with Crippen LogP contribution in [0.4, 0.5) is 0 Å². The number of carboxylic acid groups (broad SMARTS) is 2. The summed E-state index contributed by atoms with van der Waals surface area (Å²) in [6.45, 7) is 2.22. The van der Waals surface area contributed by atoms with E-state index in [2.05, 4.69) is 6.92 Å². The first kappa shape index (κ1) is 24.4. The van der Waals surface area contributed by atoms with E-state index < -0.39 is 17.6 Å². The van der Waals surface area contributed by atoms with E-state index in [-0.39, 0.29) is 12.3 Å². The van der Waals surface area contributed by atoms with E-state index in [1.807, 2.05) is 0 Å². The van der Waals surface area contributed by atoms with Gasteiger partial charge in [-0.25, -0.2) is 4.79 Å². The first-order valence-corrected chi connectivity index (χ1v) is 10.9. The predicted octanol–water partition coefficient (Wildman–Crippen LogP) is 4.89. The standard InChI is InChI=1S/C12H10O5.C12H22O2/c1-16-8-2-3-9-7(4-11(13)14)5-12(15)17-10(9)6-8;1-2-3-4-5-10-6-8-11(9-7-10)12(13)14/h2-3,5-6H,4H2,1H3,(H,13,14);10-11H,2-9H2,1H3,(H,13,14). The fraction of sp³-hybridized carbons (Fsp3) is 0.542. The molecule has 31 heavy (non-hydrogen) atoms. The monoisotopic (exact) mass is 432 g/mol. The van der Waals surface area contributed by atoms with Crippen molar-refractivity contribution < 1.29 is 29.0 Å². The minimum atomic E-state index is -0.993. The number of ether oxygens (including phenoxy) is 1. The van der Waals surface area contributed by atoms with E-state index in [1.165, 1.54) is 38.9 Å². The van der Waals surface area contributed by atoms with Crippen molar-refractivity contribution >= 4 is 22.9 Å². The van der Waals surface area contributed by atoms with Gasteiger partial charge in [-0.05, 0) is 49.3 Å². The topological polar surface area (TPSA) is 114 Å². The van der Waals surface area contributed by atoms with Crippen molar-refractivity contribution in [1.82, 2.24) is 0 Å². The van der Waals surface area contributed by atoms with Gasteiger partial charge in [-0.15, -0.1) is 0 Å². The maximum absolute atomic E-state index is 11.3. The Balaban J connectivity index is 0.000000225. The van der Waals surface area contributed by atoms with Gasteiger partial charge in [0.2, 0.25) is 0 Å². The molecule has 1 aromatic heterocycles. The van der Waals surface area contributed by atoms with Crippen molar-refractivity contribution in [2.45, 2.75) is 64.7 Å². The molecule has 7 nitrogen and oxygen atoms in total. The lowest BCUT2D eigenvalue weighted by Gasteiger charge is -2.25. The Hall–Kier alpha value is -2.83. The van der Waals surface area contributed by atoms with Crippen LogP contribution in [0.25, 0.3) is 11.0 Å². The third-order valence-corrected chi connectivity index (χ3v) is 5.79. The molecule has 1 fully saturated rings. The van der Waals surface area contributed by atoms with Crippen molar-refractivity contribution in [3.8, 4) is 5.75 Å². The highest BCUT2D eigenvalue weighted by Crippen LogP contribution is 2.32. The summed E-state index contributed by atoms with van der Waals surface area (Å²) in [4.78, 5) is 32.7. The molecular formula is C24H32O7. The van der Waals surface area contributed by atoms with Gasteiger partial charge < -0.3 is 19.4 Å². The summed E-state index contributed by atoms with van der Waals surface area (Å²) < 4.78 is 10.0. The molecule has 0 atom stereocenters. The minimum Gasteiger partial charge on any atom is -0.497 e. The molecule has 1 aromatic carbocycles. The summed E-state index contributed by atoms with van der Waals surface area (Å²) in [6, 6.07) is 6.12. The number of carboxylic acids is 2. The number of rotatable bonds is 8. The molecule has 1 heterocycles. The minimum absolute atomic E-state index is 0.0441. The summed E-state index contributed by atoms with van der Waals surface area (Å²) in [7, 11) is 1.50. The van der Waals surface area contributed by atoms with Crippen molar-refractivity contribution in [1.29, 1.82) is 0 Å². The summed E-state index contributed by atoms with van der Waals surface area (Å²) in [6.07, 6.45) is 9.15. The fourth-order valence-corrected chi connectivity index (χ4v) is 4.03. The predicted molar refractivity (Wildman–Crippen MR) is 118 cm³/mol. The van der Waals surface area contributed by atoms with Crippen LogP contribution in [0.2, 0.25) is 0 Å². The molecule has 1 saturated carbocycles. The Morgan fingerprint density at radius 3 is 2.39 bits per heavy atom. The van der Waals surface area contributed by atoms with Crippen LogP contribution in [0.3, 0.4) is 0 Å². The molecule has 0 unspecified atom stereocenters. The molecule has 0 saturated heterocycles. The third-order valence-electron chi connectivity index (χ3n) is 5.79. The van der Waals surface area contributed by atoms with Crippen LogP contribution in [0.5, 0.6) is 5.75 Å². The van der Waals surface area contributed by atoms with Gasteiger partial charge in [0.15, 0.2) is 0 Å². The van der Waals surface area contributed by atoms with Crippen LogP contribution in [0.15, 0.2) is 33.5 Å². The molecule has 1 aliphatic carbocycles. The second-order valence-electron chi connectivity index (χ2n) is 8.07. The van der Waals surface area contributed by atoms with Crippen LogP contribution in [0, 0.1) is 11.8 Å². The first-order chi connectivity index (χ1) is 14.8. The van der Waals surface area contributed by atoms with Gasteiger partial charge in [0.25, 0.3) is 0 Å². The summed E-state index contributed by atoms with van der Waals surface area (Å²) >= 11 is 0. The zero-order valence-electron chi connectivity index (χ0n) is 18.3. The molecule has 0 amide bonds. The normalized spacial score (nSPS) is 18.1. The highest BCUT2D eigenvalue weighted by atomic mass is 16.5. The molecule has 0 aliphatic heterocycles. The number of fused-ring (bicyclic) bond motifs is 1. The Bertz CT molecular complexity index is 923. The maximum atomic E-state index is 11.3. The third kappa shape index (κ3) is 7.74. The highest BCUT2D eigenvalue weighted by Gasteiger charge is 2.25. The van der Waals surface area contributed by atoms with Crippen LogP contribution < -0.4 is 10.4 Å². The second-order valence-corrected chi connectivity index (χ2v) is 8.07. The van der Waals surface area contributed by atoms with Crippen LogP contribution in [0.1, 0.15) is 63.9 Å². The van der Waals surface area contributed by atoms with Crippen molar-refractivity contribution in [2.75, 3.05) is 7.11 Å². The van der Waals surface area contributed by atoms with E-state index in [4.69, 9.17) is 19.4 Å². The molecule has 0 radical (unpaired) electrons. The van der Waals surface area contributed by atoms with Gasteiger partial charge in [0.1, 0.15) is 11.3 Å². The molecule has 170 valence electrons. The number of benzene rings is 1. The van der Waals surface area contributed by atoms with E-state index in [0.29, 0.717) is 22.3 Å². The Morgan fingerprint density at radius 2 is 1.81 bits per heavy atom. The van der Waals surface area contributed by atoms with E-state index in [1.54, 1.807) is 18.2 Å². The largest absolute Gasteiger partial charge is 0.497 e. The van der Waals surface area contributed by atoms with Crippen molar-refractivity contribution in [3.63, 3.8) is 0 Å². The molecule has 7 heteroatoms. The molecule has 2 aromatic rings. The zero-order valence-corrected chi connectivity index (χ0v) is 18.3. The number of hydrogen-bond acceptors (Lipinski definition) is 5. The molecule has 3 rings (SSSR count). The molecule has 0 bridgehead atoms. The van der Waals surface area contributed by atoms with Gasteiger partial charge in [0, 0.05) is 17.5 Å². The fourth-order valence-electron chi connectivity index (χ4n) is 4.03. The lowest BCUT2D eigenvalue weighted by Crippen LogP contribution is -2.21. The number of unbranched alkanes of at least 4 members (excludes halogenated alkanes) is 2. The Morgan fingerprint density at radius 1 is 1.10 bits per heavy atom. The van der Waals surface area contributed by atoms with Gasteiger partial charge in [0.05, 0.1) is 19.4 Å². The van der Waals surface area contributed by atoms with Gasteiger partial charge in [-0.2, -0.15) is 0 Å². The highest BCUT2D eigenvalue weighted by molar-refractivity contribution is 5.85. The second kappa shape index (κ2) is 12.1. The van der Waals surface area contributed by atoms with Crippen molar-refractivity contribution in [2.24, 2.45) is 11.8 Å². The summed E-state index contributed by atoms with van der Waals surface area (Å²) in [5, 5.41) is 18.2.